The van der Waals surface area contributed by atoms with E-state index in [1.807, 2.05) is 78.9 Å². The number of primary amides is 1. The number of carbonyl (C=O) groups is 2. The molecule has 0 saturated carbocycles. The lowest BCUT2D eigenvalue weighted by Gasteiger charge is -2.16. The lowest BCUT2D eigenvalue weighted by molar-refractivity contribution is -0.119. The van der Waals surface area contributed by atoms with E-state index in [2.05, 4.69) is 15.5 Å². The topological polar surface area (TPSA) is 101 Å². The lowest BCUT2D eigenvalue weighted by Crippen LogP contribution is -2.46. The molecule has 0 fully saturated rings. The van der Waals surface area contributed by atoms with Crippen LogP contribution in [-0.4, -0.2) is 28.1 Å². The van der Waals surface area contributed by atoms with E-state index in [4.69, 9.17) is 5.73 Å². The number of rotatable bonds is 7. The third kappa shape index (κ3) is 4.70. The number of hydrogen-bond acceptors (Lipinski definition) is 3. The van der Waals surface area contributed by atoms with E-state index in [1.54, 1.807) is 12.1 Å². The minimum Gasteiger partial charge on any atom is -0.368 e. The number of benzene rings is 3. The number of nitrogens with two attached hydrogens (primary N) is 1. The summed E-state index contributed by atoms with van der Waals surface area (Å²) in [6.45, 7) is 0. The van der Waals surface area contributed by atoms with Gasteiger partial charge in [0.05, 0.1) is 11.4 Å². The minimum atomic E-state index is -0.818. The number of hydrogen-bond donors (Lipinski definition) is 3. The van der Waals surface area contributed by atoms with Gasteiger partial charge in [0.15, 0.2) is 0 Å². The molecule has 0 aliphatic carbocycles. The molecule has 0 unspecified atom stereocenters. The molecule has 0 spiro atoms. The Balaban J connectivity index is 1.58. The summed E-state index contributed by atoms with van der Waals surface area (Å²) < 4.78 is 0. The molecule has 4 N–H and O–H groups in total. The van der Waals surface area contributed by atoms with Crippen LogP contribution in [0, 0.1) is 0 Å². The van der Waals surface area contributed by atoms with Crippen LogP contribution >= 0.6 is 0 Å². The smallest absolute Gasteiger partial charge is 0.252 e. The van der Waals surface area contributed by atoms with Crippen molar-refractivity contribution in [3.8, 4) is 22.5 Å². The number of nitrogens with one attached hydrogen (secondary N) is 2. The molecule has 1 atom stereocenters. The first-order valence-electron chi connectivity index (χ1n) is 9.96. The average molecular weight is 410 g/mol. The van der Waals surface area contributed by atoms with Gasteiger partial charge in [0.2, 0.25) is 5.91 Å². The van der Waals surface area contributed by atoms with Gasteiger partial charge in [-0.05, 0) is 23.3 Å². The Morgan fingerprint density at radius 2 is 1.55 bits per heavy atom. The maximum atomic E-state index is 13.1. The van der Waals surface area contributed by atoms with Crippen LogP contribution in [0.4, 0.5) is 0 Å². The molecule has 0 bridgehead atoms. The number of amides is 2. The van der Waals surface area contributed by atoms with Crippen molar-refractivity contribution in [3.05, 3.63) is 102 Å². The summed E-state index contributed by atoms with van der Waals surface area (Å²) in [5, 5.41) is 10.2. The van der Waals surface area contributed by atoms with Crippen LogP contribution in [0.3, 0.4) is 0 Å². The van der Waals surface area contributed by atoms with Crippen LogP contribution in [0.25, 0.3) is 22.5 Å². The molecule has 4 rings (SSSR count). The van der Waals surface area contributed by atoms with Gasteiger partial charge < -0.3 is 11.1 Å². The summed E-state index contributed by atoms with van der Waals surface area (Å²) >= 11 is 0. The van der Waals surface area contributed by atoms with Gasteiger partial charge in [-0.2, -0.15) is 5.10 Å². The zero-order valence-electron chi connectivity index (χ0n) is 16.8. The maximum Gasteiger partial charge on any atom is 0.252 e. The zero-order valence-corrected chi connectivity index (χ0v) is 16.8. The fraction of sp³-hybridized carbons (Fsp3) is 0.0800. The van der Waals surface area contributed by atoms with E-state index in [9.17, 15) is 9.59 Å². The molecule has 0 aliphatic heterocycles. The van der Waals surface area contributed by atoms with Crippen molar-refractivity contribution in [1.82, 2.24) is 15.5 Å². The van der Waals surface area contributed by atoms with Crippen molar-refractivity contribution in [3.63, 3.8) is 0 Å². The monoisotopic (exact) mass is 410 g/mol. The molecule has 31 heavy (non-hydrogen) atoms. The van der Waals surface area contributed by atoms with Gasteiger partial charge in [-0.25, -0.2) is 0 Å². The molecule has 3 aromatic carbocycles. The molecule has 4 aromatic rings. The Morgan fingerprint density at radius 1 is 0.903 bits per heavy atom. The van der Waals surface area contributed by atoms with Crippen LogP contribution < -0.4 is 11.1 Å². The quantitative estimate of drug-likeness (QED) is 0.434. The van der Waals surface area contributed by atoms with Crippen LogP contribution in [0.5, 0.6) is 0 Å². The number of aromatic nitrogens is 2. The summed E-state index contributed by atoms with van der Waals surface area (Å²) in [6.07, 6.45) is 0.324. The average Bonchev–Trinajstić information content (AvgIpc) is 3.30. The lowest BCUT2D eigenvalue weighted by atomic mass is 10.0. The van der Waals surface area contributed by atoms with Crippen molar-refractivity contribution >= 4 is 11.8 Å². The maximum absolute atomic E-state index is 13.1. The first kappa shape index (κ1) is 20.1. The van der Waals surface area contributed by atoms with Gasteiger partial charge in [-0.15, -0.1) is 0 Å². The SMILES string of the molecule is NC(=O)[C@@H](Cc1ccccc1)NC(=O)c1ccccc1-c1cc(-c2ccccc2)[nH]n1. The largest absolute Gasteiger partial charge is 0.368 e. The summed E-state index contributed by atoms with van der Waals surface area (Å²) in [6, 6.07) is 27.5. The number of nitrogens with zero attached hydrogens (tertiary/aromatic N) is 1. The second-order valence-corrected chi connectivity index (χ2v) is 7.20. The number of carbonyl (C=O) groups excluding carboxylic acids is 2. The van der Waals surface area contributed by atoms with Gasteiger partial charge in [0.25, 0.3) is 5.91 Å². The summed E-state index contributed by atoms with van der Waals surface area (Å²) in [7, 11) is 0. The van der Waals surface area contributed by atoms with Crippen LogP contribution in [-0.2, 0) is 11.2 Å². The molecule has 154 valence electrons. The predicted octanol–water partition coefficient (Wildman–Crippen LogP) is 3.57. The van der Waals surface area contributed by atoms with Crippen LogP contribution in [0.1, 0.15) is 15.9 Å². The zero-order chi connectivity index (χ0) is 21.6. The van der Waals surface area contributed by atoms with Gasteiger partial charge in [0.1, 0.15) is 6.04 Å². The van der Waals surface area contributed by atoms with Crippen LogP contribution in [0.15, 0.2) is 91.0 Å². The van der Waals surface area contributed by atoms with E-state index < -0.39 is 11.9 Å². The molecule has 2 amide bonds. The molecule has 0 aliphatic rings. The standard InChI is InChI=1S/C25H22N4O2/c26-24(30)23(15-17-9-3-1-4-10-17)27-25(31)20-14-8-7-13-19(20)22-16-21(28-29-22)18-11-5-2-6-12-18/h1-14,16,23H,15H2,(H2,26,30)(H,27,31)(H,28,29)/t23-/m1/s1. The third-order valence-electron chi connectivity index (χ3n) is 5.04. The van der Waals surface area contributed by atoms with Crippen molar-refractivity contribution in [2.24, 2.45) is 5.73 Å². The highest BCUT2D eigenvalue weighted by molar-refractivity contribution is 6.02. The highest BCUT2D eigenvalue weighted by Crippen LogP contribution is 2.26. The fourth-order valence-corrected chi connectivity index (χ4v) is 3.44. The molecule has 0 radical (unpaired) electrons. The van der Waals surface area contributed by atoms with Crippen molar-refractivity contribution in [2.75, 3.05) is 0 Å². The van der Waals surface area contributed by atoms with E-state index in [-0.39, 0.29) is 5.91 Å². The highest BCUT2D eigenvalue weighted by Gasteiger charge is 2.22. The molecule has 6 nitrogen and oxygen atoms in total. The highest BCUT2D eigenvalue weighted by atomic mass is 16.2. The van der Waals surface area contributed by atoms with Crippen molar-refractivity contribution < 1.29 is 9.59 Å². The Hall–Kier alpha value is -4.19. The van der Waals surface area contributed by atoms with Gasteiger partial charge in [-0.3, -0.25) is 14.7 Å². The van der Waals surface area contributed by atoms with Crippen molar-refractivity contribution in [1.29, 1.82) is 0 Å². The van der Waals surface area contributed by atoms with E-state index in [1.165, 1.54) is 0 Å². The molecule has 1 heterocycles. The van der Waals surface area contributed by atoms with E-state index in [0.29, 0.717) is 23.2 Å². The second kappa shape index (κ2) is 9.09. The van der Waals surface area contributed by atoms with Gasteiger partial charge in [0, 0.05) is 17.5 Å². The second-order valence-electron chi connectivity index (χ2n) is 7.20. The summed E-state index contributed by atoms with van der Waals surface area (Å²) in [5.41, 5.74) is 10.1. The van der Waals surface area contributed by atoms with E-state index in [0.717, 1.165) is 16.8 Å². The fourth-order valence-electron chi connectivity index (χ4n) is 3.44. The molecule has 0 saturated heterocycles. The van der Waals surface area contributed by atoms with Gasteiger partial charge in [-0.1, -0.05) is 78.9 Å². The molecule has 1 aromatic heterocycles. The van der Waals surface area contributed by atoms with Crippen LogP contribution in [0.2, 0.25) is 0 Å². The molecular formula is C25H22N4O2. The normalized spacial score (nSPS) is 11.6. The number of H-pyrrole nitrogens is 1. The predicted molar refractivity (Wildman–Crippen MR) is 120 cm³/mol. The summed E-state index contributed by atoms with van der Waals surface area (Å²) in [4.78, 5) is 25.0. The third-order valence-corrected chi connectivity index (χ3v) is 5.04. The Bertz CT molecular complexity index is 1190. The Labute approximate surface area is 180 Å². The number of aromatic amines is 1. The Morgan fingerprint density at radius 3 is 2.26 bits per heavy atom. The van der Waals surface area contributed by atoms with Crippen molar-refractivity contribution in [2.45, 2.75) is 12.5 Å². The van der Waals surface area contributed by atoms with Gasteiger partial charge >= 0.3 is 0 Å². The molecular weight excluding hydrogens is 388 g/mol. The summed E-state index contributed by atoms with van der Waals surface area (Å²) in [5.74, 6) is -0.958. The van der Waals surface area contributed by atoms with E-state index >= 15 is 0 Å². The Kier molecular flexibility index (Phi) is 5.89. The minimum absolute atomic E-state index is 0.324. The molecule has 6 heteroatoms. The first-order chi connectivity index (χ1) is 15.1. The first-order valence-corrected chi connectivity index (χ1v) is 9.96.